The molecule has 2 rings (SSSR count). The van der Waals surface area contributed by atoms with Crippen LogP contribution in [0.4, 0.5) is 13.6 Å². The normalized spacial score (nSPS) is 33.4. The zero-order chi connectivity index (χ0) is 16.6. The minimum Gasteiger partial charge on any atom is -0.443 e. The third-order valence-corrected chi connectivity index (χ3v) is 5.47. The van der Waals surface area contributed by atoms with Crippen LogP contribution >= 0.6 is 0 Å². The molecule has 1 heterocycles. The van der Waals surface area contributed by atoms with E-state index in [-0.39, 0.29) is 18.3 Å². The number of amides is 1. The van der Waals surface area contributed by atoms with Crippen LogP contribution in [0.2, 0.25) is 0 Å². The Kier molecular flexibility index (Phi) is 4.71. The van der Waals surface area contributed by atoms with Crippen LogP contribution in [0, 0.1) is 5.41 Å². The van der Waals surface area contributed by atoms with Gasteiger partial charge >= 0.3 is 6.09 Å². The standard InChI is InChI=1S/C16H28F2N2O2/c1-14(2,3)15(22-13(19)21)6-4-12(5-7-15)20-10-8-16(17,18)9-11-20/h12H,4-11H2,1-3H3,(H2,19,21). The lowest BCUT2D eigenvalue weighted by Gasteiger charge is -2.50. The Balaban J connectivity index is 1.97. The van der Waals surface area contributed by atoms with Crippen molar-refractivity contribution in [2.45, 2.75) is 76.9 Å². The molecule has 0 atom stereocenters. The molecule has 1 amide bonds. The molecule has 4 nitrogen and oxygen atoms in total. The van der Waals surface area contributed by atoms with Crippen LogP contribution in [0.5, 0.6) is 0 Å². The summed E-state index contributed by atoms with van der Waals surface area (Å²) in [7, 11) is 0. The van der Waals surface area contributed by atoms with Crippen molar-refractivity contribution < 1.29 is 18.3 Å². The SMILES string of the molecule is CC(C)(C)C1(OC(N)=O)CCC(N2CCC(F)(F)CC2)CC1. The number of nitrogens with zero attached hydrogens (tertiary/aromatic N) is 1. The number of nitrogens with two attached hydrogens (primary N) is 1. The first-order valence-electron chi connectivity index (χ1n) is 8.15. The molecule has 1 aliphatic carbocycles. The average molecular weight is 318 g/mol. The molecule has 0 bridgehead atoms. The van der Waals surface area contributed by atoms with E-state index < -0.39 is 17.6 Å². The van der Waals surface area contributed by atoms with E-state index in [1.165, 1.54) is 0 Å². The maximum absolute atomic E-state index is 13.3. The van der Waals surface area contributed by atoms with Gasteiger partial charge in [0.05, 0.1) is 0 Å². The van der Waals surface area contributed by atoms with E-state index in [0.29, 0.717) is 19.1 Å². The third kappa shape index (κ3) is 3.70. The van der Waals surface area contributed by atoms with E-state index in [2.05, 4.69) is 25.7 Å². The lowest BCUT2D eigenvalue weighted by Crippen LogP contribution is -2.54. The number of ether oxygens (including phenoxy) is 1. The van der Waals surface area contributed by atoms with Gasteiger partial charge in [-0.25, -0.2) is 13.6 Å². The summed E-state index contributed by atoms with van der Waals surface area (Å²) in [6, 6.07) is 0.308. The molecule has 2 fully saturated rings. The molecule has 22 heavy (non-hydrogen) atoms. The predicted molar refractivity (Wildman–Crippen MR) is 80.9 cm³/mol. The van der Waals surface area contributed by atoms with Gasteiger partial charge in [-0.3, -0.25) is 4.90 Å². The molecular weight excluding hydrogens is 290 g/mol. The van der Waals surface area contributed by atoms with Gasteiger partial charge in [0.2, 0.25) is 0 Å². The first-order valence-corrected chi connectivity index (χ1v) is 8.15. The number of alkyl halides is 2. The predicted octanol–water partition coefficient (Wildman–Crippen LogP) is 3.54. The van der Waals surface area contributed by atoms with E-state index in [9.17, 15) is 13.6 Å². The number of hydrogen-bond acceptors (Lipinski definition) is 3. The molecule has 128 valence electrons. The summed E-state index contributed by atoms with van der Waals surface area (Å²) in [6.45, 7) is 7.07. The van der Waals surface area contributed by atoms with Gasteiger partial charge in [-0.15, -0.1) is 0 Å². The zero-order valence-electron chi connectivity index (χ0n) is 13.8. The van der Waals surface area contributed by atoms with Crippen LogP contribution in [-0.2, 0) is 4.74 Å². The Bertz CT molecular complexity index is 403. The van der Waals surface area contributed by atoms with Gasteiger partial charge in [0, 0.05) is 37.4 Å². The fourth-order valence-electron chi connectivity index (χ4n) is 3.85. The van der Waals surface area contributed by atoms with Crippen molar-refractivity contribution in [3.8, 4) is 0 Å². The largest absolute Gasteiger partial charge is 0.443 e. The Morgan fingerprint density at radius 3 is 2.05 bits per heavy atom. The van der Waals surface area contributed by atoms with Crippen molar-refractivity contribution in [3.05, 3.63) is 0 Å². The number of hydrogen-bond donors (Lipinski definition) is 1. The van der Waals surface area contributed by atoms with Crippen LogP contribution < -0.4 is 5.73 Å². The second-order valence-electron chi connectivity index (χ2n) is 7.79. The summed E-state index contributed by atoms with van der Waals surface area (Å²) in [5.41, 5.74) is 4.52. The van der Waals surface area contributed by atoms with E-state index in [4.69, 9.17) is 10.5 Å². The van der Waals surface area contributed by atoms with Crippen molar-refractivity contribution in [2.24, 2.45) is 11.1 Å². The fraction of sp³-hybridized carbons (Fsp3) is 0.938. The highest BCUT2D eigenvalue weighted by Gasteiger charge is 2.49. The van der Waals surface area contributed by atoms with Gasteiger partial charge < -0.3 is 10.5 Å². The Labute approximate surface area is 131 Å². The number of halogens is 2. The van der Waals surface area contributed by atoms with Gasteiger partial charge in [-0.05, 0) is 25.7 Å². The minimum atomic E-state index is -2.50. The molecule has 0 aromatic heterocycles. The lowest BCUT2D eigenvalue weighted by molar-refractivity contribution is -0.111. The van der Waals surface area contributed by atoms with Crippen LogP contribution in [0.1, 0.15) is 59.3 Å². The van der Waals surface area contributed by atoms with Crippen molar-refractivity contribution in [3.63, 3.8) is 0 Å². The van der Waals surface area contributed by atoms with Crippen molar-refractivity contribution >= 4 is 6.09 Å². The van der Waals surface area contributed by atoms with Gasteiger partial charge in [0.25, 0.3) is 5.92 Å². The molecule has 0 radical (unpaired) electrons. The van der Waals surface area contributed by atoms with Crippen LogP contribution in [0.25, 0.3) is 0 Å². The Morgan fingerprint density at radius 2 is 1.64 bits per heavy atom. The van der Waals surface area contributed by atoms with Gasteiger partial charge in [-0.1, -0.05) is 20.8 Å². The Morgan fingerprint density at radius 1 is 1.14 bits per heavy atom. The third-order valence-electron chi connectivity index (χ3n) is 5.47. The molecule has 1 aliphatic heterocycles. The monoisotopic (exact) mass is 318 g/mol. The van der Waals surface area contributed by atoms with Crippen LogP contribution in [0.15, 0.2) is 0 Å². The number of piperidine rings is 1. The number of primary amides is 1. The van der Waals surface area contributed by atoms with E-state index >= 15 is 0 Å². The molecule has 1 saturated carbocycles. The highest BCUT2D eigenvalue weighted by atomic mass is 19.3. The summed E-state index contributed by atoms with van der Waals surface area (Å²) in [5.74, 6) is -2.50. The van der Waals surface area contributed by atoms with E-state index in [1.54, 1.807) is 0 Å². The summed E-state index contributed by atoms with van der Waals surface area (Å²) in [6.07, 6.45) is 2.35. The maximum Gasteiger partial charge on any atom is 0.405 e. The zero-order valence-corrected chi connectivity index (χ0v) is 13.8. The number of carbonyl (C=O) groups excluding carboxylic acids is 1. The minimum absolute atomic E-state index is 0.0499. The van der Waals surface area contributed by atoms with Crippen molar-refractivity contribution in [1.29, 1.82) is 0 Å². The van der Waals surface area contributed by atoms with Crippen LogP contribution in [0.3, 0.4) is 0 Å². The summed E-state index contributed by atoms with van der Waals surface area (Å²) in [5, 5.41) is 0. The van der Waals surface area contributed by atoms with Crippen LogP contribution in [-0.4, -0.2) is 41.6 Å². The topological polar surface area (TPSA) is 55.6 Å². The first kappa shape index (κ1) is 17.4. The molecule has 2 aliphatic rings. The second-order valence-corrected chi connectivity index (χ2v) is 7.79. The second kappa shape index (κ2) is 5.95. The summed E-state index contributed by atoms with van der Waals surface area (Å²) < 4.78 is 32.1. The molecule has 1 saturated heterocycles. The number of rotatable bonds is 2. The summed E-state index contributed by atoms with van der Waals surface area (Å²) in [4.78, 5) is 13.5. The van der Waals surface area contributed by atoms with Gasteiger partial charge in [-0.2, -0.15) is 0 Å². The quantitative estimate of drug-likeness (QED) is 0.847. The number of carbonyl (C=O) groups is 1. The van der Waals surface area contributed by atoms with E-state index in [0.717, 1.165) is 25.7 Å². The highest BCUT2D eigenvalue weighted by Crippen LogP contribution is 2.46. The van der Waals surface area contributed by atoms with Crippen molar-refractivity contribution in [2.75, 3.05) is 13.1 Å². The lowest BCUT2D eigenvalue weighted by atomic mass is 9.67. The van der Waals surface area contributed by atoms with Crippen molar-refractivity contribution in [1.82, 2.24) is 4.90 Å². The van der Waals surface area contributed by atoms with Gasteiger partial charge in [0.15, 0.2) is 0 Å². The molecule has 0 aromatic rings. The molecule has 2 N–H and O–H groups in total. The average Bonchev–Trinajstić information content (AvgIpc) is 2.38. The molecule has 0 aromatic carbocycles. The fourth-order valence-corrected chi connectivity index (χ4v) is 3.85. The molecule has 0 spiro atoms. The van der Waals surface area contributed by atoms with E-state index in [1.807, 2.05) is 0 Å². The number of likely N-dealkylation sites (tertiary alicyclic amines) is 1. The Hall–Kier alpha value is -0.910. The highest BCUT2D eigenvalue weighted by molar-refractivity contribution is 5.65. The maximum atomic E-state index is 13.3. The molecular formula is C16H28F2N2O2. The molecule has 6 heteroatoms. The first-order chi connectivity index (χ1) is 10.0. The smallest absolute Gasteiger partial charge is 0.405 e. The van der Waals surface area contributed by atoms with Gasteiger partial charge in [0.1, 0.15) is 5.60 Å². The molecule has 0 unspecified atom stereocenters. The summed E-state index contributed by atoms with van der Waals surface area (Å²) >= 11 is 0.